The summed E-state index contributed by atoms with van der Waals surface area (Å²) < 4.78 is 22.6. The molecule has 3 rings (SSSR count). The van der Waals surface area contributed by atoms with Crippen LogP contribution in [0.5, 0.6) is 0 Å². The Labute approximate surface area is 113 Å². The van der Waals surface area contributed by atoms with Crippen LogP contribution in [0.1, 0.15) is 42.7 Å². The van der Waals surface area contributed by atoms with E-state index < -0.39 is 0 Å². The Hall–Kier alpha value is -0.910. The van der Waals surface area contributed by atoms with Crippen molar-refractivity contribution in [3.05, 3.63) is 17.0 Å². The lowest BCUT2D eigenvalue weighted by Crippen LogP contribution is -2.37. The van der Waals surface area contributed by atoms with E-state index in [4.69, 9.17) is 18.7 Å². The monoisotopic (exact) mass is 267 g/mol. The first kappa shape index (κ1) is 13.1. The summed E-state index contributed by atoms with van der Waals surface area (Å²) in [6.45, 7) is 5.91. The first-order chi connectivity index (χ1) is 9.19. The lowest BCUT2D eigenvalue weighted by atomic mass is 9.92. The van der Waals surface area contributed by atoms with E-state index in [0.717, 1.165) is 55.9 Å². The minimum Gasteiger partial charge on any atom is -0.373 e. The fourth-order valence-corrected chi connectivity index (χ4v) is 2.89. The largest absolute Gasteiger partial charge is 0.373 e. The van der Waals surface area contributed by atoms with Gasteiger partial charge in [0.25, 0.3) is 0 Å². The average molecular weight is 267 g/mol. The molecule has 2 fully saturated rings. The molecule has 0 bridgehead atoms. The fourth-order valence-electron chi connectivity index (χ4n) is 2.89. The Morgan fingerprint density at radius 2 is 1.89 bits per heavy atom. The van der Waals surface area contributed by atoms with Crippen LogP contribution in [0.15, 0.2) is 4.52 Å². The summed E-state index contributed by atoms with van der Waals surface area (Å²) in [6, 6.07) is 0. The van der Waals surface area contributed by atoms with E-state index in [1.54, 1.807) is 0 Å². The molecule has 1 aromatic rings. The molecule has 5 nitrogen and oxygen atoms in total. The normalized spacial score (nSPS) is 23.3. The second kappa shape index (κ2) is 5.23. The van der Waals surface area contributed by atoms with E-state index >= 15 is 0 Å². The van der Waals surface area contributed by atoms with E-state index in [-0.39, 0.29) is 11.9 Å². The molecule has 5 heteroatoms. The summed E-state index contributed by atoms with van der Waals surface area (Å²) in [5.74, 6) is 0.551. The van der Waals surface area contributed by atoms with Crippen molar-refractivity contribution in [3.8, 4) is 0 Å². The lowest BCUT2D eigenvalue weighted by molar-refractivity contribution is -0.192. The predicted octanol–water partition coefficient (Wildman–Crippen LogP) is 2.49. The van der Waals surface area contributed by atoms with Gasteiger partial charge >= 0.3 is 0 Å². The first-order valence-corrected chi connectivity index (χ1v) is 7.00. The van der Waals surface area contributed by atoms with Gasteiger partial charge in [0.1, 0.15) is 5.76 Å². The zero-order chi connectivity index (χ0) is 13.3. The highest BCUT2D eigenvalue weighted by molar-refractivity contribution is 5.19. The fraction of sp³-hybridized carbons (Fsp3) is 0.786. The number of aryl methyl sites for hydroxylation is 2. The summed E-state index contributed by atoms with van der Waals surface area (Å²) in [5, 5.41) is 3.94. The van der Waals surface area contributed by atoms with Crippen molar-refractivity contribution in [3.63, 3.8) is 0 Å². The van der Waals surface area contributed by atoms with Crippen LogP contribution >= 0.6 is 0 Å². The van der Waals surface area contributed by atoms with Gasteiger partial charge in [-0.2, -0.15) is 0 Å². The van der Waals surface area contributed by atoms with Crippen molar-refractivity contribution in [2.24, 2.45) is 0 Å². The predicted molar refractivity (Wildman–Crippen MR) is 67.7 cm³/mol. The molecule has 0 amide bonds. The molecular weight excluding hydrogens is 246 g/mol. The number of ether oxygens (including phenoxy) is 3. The minimum absolute atomic E-state index is 0.284. The van der Waals surface area contributed by atoms with E-state index in [1.165, 1.54) is 0 Å². The molecule has 1 spiro atoms. The Morgan fingerprint density at radius 3 is 2.47 bits per heavy atom. The van der Waals surface area contributed by atoms with Crippen LogP contribution in [-0.4, -0.2) is 30.3 Å². The van der Waals surface area contributed by atoms with Crippen LogP contribution in [0.2, 0.25) is 0 Å². The molecule has 1 aliphatic heterocycles. The number of aromatic nitrogens is 1. The van der Waals surface area contributed by atoms with Gasteiger partial charge in [-0.25, -0.2) is 0 Å². The van der Waals surface area contributed by atoms with Crippen LogP contribution in [0.25, 0.3) is 0 Å². The number of hydrogen-bond acceptors (Lipinski definition) is 5. The highest BCUT2D eigenvalue weighted by atomic mass is 16.7. The Balaban J connectivity index is 1.50. The summed E-state index contributed by atoms with van der Waals surface area (Å²) in [5.41, 5.74) is 2.00. The summed E-state index contributed by atoms with van der Waals surface area (Å²) in [6.07, 6.45) is 4.12. The molecule has 19 heavy (non-hydrogen) atoms. The van der Waals surface area contributed by atoms with Gasteiger partial charge in [0.05, 0.1) is 31.6 Å². The molecule has 0 atom stereocenters. The molecule has 0 N–H and O–H groups in total. The van der Waals surface area contributed by atoms with Gasteiger partial charge in [-0.05, 0) is 26.7 Å². The second-order valence-electron chi connectivity index (χ2n) is 5.42. The van der Waals surface area contributed by atoms with Crippen molar-refractivity contribution in [2.45, 2.75) is 58.0 Å². The van der Waals surface area contributed by atoms with Crippen LogP contribution in [0, 0.1) is 13.8 Å². The number of rotatable bonds is 3. The molecule has 0 aromatic carbocycles. The molecule has 1 aliphatic carbocycles. The van der Waals surface area contributed by atoms with Crippen LogP contribution in [0.3, 0.4) is 0 Å². The maximum atomic E-state index is 5.98. The van der Waals surface area contributed by atoms with Gasteiger partial charge in [0.15, 0.2) is 5.79 Å². The summed E-state index contributed by atoms with van der Waals surface area (Å²) in [7, 11) is 0. The van der Waals surface area contributed by atoms with E-state index in [0.29, 0.717) is 6.61 Å². The zero-order valence-corrected chi connectivity index (χ0v) is 11.6. The standard InChI is InChI=1S/C14H21NO4/c1-10-13(11(2)19-15-10)9-16-12-3-5-14(6-4-12)17-7-8-18-14/h12H,3-9H2,1-2H3. The molecule has 1 saturated heterocycles. The number of nitrogens with zero attached hydrogens (tertiary/aromatic N) is 1. The van der Waals surface area contributed by atoms with Crippen LogP contribution < -0.4 is 0 Å². The topological polar surface area (TPSA) is 53.7 Å². The van der Waals surface area contributed by atoms with E-state index in [9.17, 15) is 0 Å². The van der Waals surface area contributed by atoms with Crippen molar-refractivity contribution in [2.75, 3.05) is 13.2 Å². The lowest BCUT2D eigenvalue weighted by Gasteiger charge is -2.35. The third kappa shape index (κ3) is 2.68. The SMILES string of the molecule is Cc1noc(C)c1COC1CCC2(CC1)OCCO2. The van der Waals surface area contributed by atoms with E-state index in [2.05, 4.69) is 5.16 Å². The molecule has 0 unspecified atom stereocenters. The zero-order valence-electron chi connectivity index (χ0n) is 11.6. The quantitative estimate of drug-likeness (QED) is 0.842. The van der Waals surface area contributed by atoms with Crippen molar-refractivity contribution in [1.29, 1.82) is 0 Å². The molecule has 1 saturated carbocycles. The maximum Gasteiger partial charge on any atom is 0.168 e. The third-order valence-electron chi connectivity index (χ3n) is 4.15. The Kier molecular flexibility index (Phi) is 3.60. The van der Waals surface area contributed by atoms with Crippen molar-refractivity contribution < 1.29 is 18.7 Å². The highest BCUT2D eigenvalue weighted by Gasteiger charge is 2.40. The highest BCUT2D eigenvalue weighted by Crippen LogP contribution is 2.37. The molecule has 106 valence electrons. The van der Waals surface area contributed by atoms with Gasteiger partial charge in [0.2, 0.25) is 0 Å². The van der Waals surface area contributed by atoms with Gasteiger partial charge in [-0.1, -0.05) is 5.16 Å². The summed E-state index contributed by atoms with van der Waals surface area (Å²) >= 11 is 0. The molecule has 2 heterocycles. The molecular formula is C14H21NO4. The van der Waals surface area contributed by atoms with Crippen LogP contribution in [-0.2, 0) is 20.8 Å². The van der Waals surface area contributed by atoms with Gasteiger partial charge in [-0.3, -0.25) is 0 Å². The smallest absolute Gasteiger partial charge is 0.168 e. The molecule has 2 aliphatic rings. The number of hydrogen-bond donors (Lipinski definition) is 0. The van der Waals surface area contributed by atoms with E-state index in [1.807, 2.05) is 13.8 Å². The minimum atomic E-state index is -0.303. The summed E-state index contributed by atoms with van der Waals surface area (Å²) in [4.78, 5) is 0. The van der Waals surface area contributed by atoms with Gasteiger partial charge in [-0.15, -0.1) is 0 Å². The van der Waals surface area contributed by atoms with Crippen molar-refractivity contribution >= 4 is 0 Å². The Morgan fingerprint density at radius 1 is 1.21 bits per heavy atom. The second-order valence-corrected chi connectivity index (χ2v) is 5.42. The maximum absolute atomic E-state index is 5.98. The molecule has 1 aromatic heterocycles. The average Bonchev–Trinajstić information content (AvgIpc) is 2.99. The first-order valence-electron chi connectivity index (χ1n) is 7.00. The molecule has 0 radical (unpaired) electrons. The third-order valence-corrected chi connectivity index (χ3v) is 4.15. The Bertz CT molecular complexity index is 407. The van der Waals surface area contributed by atoms with Gasteiger partial charge in [0, 0.05) is 18.4 Å². The van der Waals surface area contributed by atoms with Crippen molar-refractivity contribution in [1.82, 2.24) is 5.16 Å². The van der Waals surface area contributed by atoms with Gasteiger partial charge < -0.3 is 18.7 Å². The van der Waals surface area contributed by atoms with Crippen LogP contribution in [0.4, 0.5) is 0 Å².